The molecule has 102 valence electrons. The van der Waals surface area contributed by atoms with Crippen molar-refractivity contribution >= 4 is 12.2 Å². The van der Waals surface area contributed by atoms with Crippen molar-refractivity contribution in [2.24, 2.45) is 0 Å². The lowest BCUT2D eigenvalue weighted by molar-refractivity contribution is 0.562. The molecule has 20 heavy (non-hydrogen) atoms. The second-order valence-corrected chi connectivity index (χ2v) is 3.83. The van der Waals surface area contributed by atoms with Crippen LogP contribution in [-0.2, 0) is 9.59 Å². The van der Waals surface area contributed by atoms with Crippen molar-refractivity contribution in [3.63, 3.8) is 0 Å². The molecule has 2 N–H and O–H groups in total. The maximum absolute atomic E-state index is 8.35. The lowest BCUT2D eigenvalue weighted by Crippen LogP contribution is -1.85. The zero-order valence-corrected chi connectivity index (χ0v) is 11.4. The highest BCUT2D eigenvalue weighted by atomic mass is 16.1. The average Bonchev–Trinajstić information content (AvgIpc) is 2.42. The van der Waals surface area contributed by atoms with Gasteiger partial charge >= 0.3 is 0 Å². The van der Waals surface area contributed by atoms with Gasteiger partial charge in [0, 0.05) is 0 Å². The first-order valence-corrected chi connectivity index (χ1v) is 5.81. The molecule has 4 nitrogen and oxygen atoms in total. The van der Waals surface area contributed by atoms with E-state index in [4.69, 9.17) is 20.4 Å². The van der Waals surface area contributed by atoms with Crippen LogP contribution in [-0.4, -0.2) is 12.2 Å². The fourth-order valence-electron chi connectivity index (χ4n) is 1.75. The summed E-state index contributed by atoms with van der Waals surface area (Å²) in [6.07, 6.45) is 1.50. The van der Waals surface area contributed by atoms with Gasteiger partial charge in [-0.2, -0.15) is 0 Å². The second kappa shape index (κ2) is 10.2. The second-order valence-electron chi connectivity index (χ2n) is 3.83. The Hall–Kier alpha value is -2.80. The van der Waals surface area contributed by atoms with Gasteiger partial charge in [0.2, 0.25) is 12.2 Å². The van der Waals surface area contributed by atoms with Crippen LogP contribution in [0.15, 0.2) is 48.5 Å². The normalized spacial score (nSPS) is 7.90. The molecule has 0 aliphatic rings. The summed E-state index contributed by atoms with van der Waals surface area (Å²) in [5.41, 5.74) is 5.35. The Labute approximate surface area is 118 Å². The van der Waals surface area contributed by atoms with Crippen molar-refractivity contribution in [1.82, 2.24) is 0 Å². The van der Waals surface area contributed by atoms with Gasteiger partial charge in [0.05, 0.1) is 0 Å². The van der Waals surface area contributed by atoms with Gasteiger partial charge in [-0.05, 0) is 36.1 Å². The van der Waals surface area contributed by atoms with Crippen molar-refractivity contribution in [3.8, 4) is 11.1 Å². The third-order valence-electron chi connectivity index (χ3n) is 2.58. The summed E-state index contributed by atoms with van der Waals surface area (Å²) in [6, 6.07) is 17.0. The van der Waals surface area contributed by atoms with Crippen LogP contribution in [0.5, 0.6) is 0 Å². The summed E-state index contributed by atoms with van der Waals surface area (Å²) in [7, 11) is 0. The molecule has 2 aromatic rings. The highest BCUT2D eigenvalue weighted by Gasteiger charge is 2.02. The zero-order valence-electron chi connectivity index (χ0n) is 11.4. The van der Waals surface area contributed by atoms with E-state index in [0.29, 0.717) is 0 Å². The number of hydrogen-bond donors (Lipinski definition) is 2. The van der Waals surface area contributed by atoms with Crippen LogP contribution in [0.25, 0.3) is 11.1 Å². The Morgan fingerprint density at radius 2 is 0.950 bits per heavy atom. The Balaban J connectivity index is 0.000000520. The van der Waals surface area contributed by atoms with Gasteiger partial charge < -0.3 is 0 Å². The van der Waals surface area contributed by atoms with E-state index in [2.05, 4.69) is 62.4 Å². The monoisotopic (exact) mass is 268 g/mol. The molecule has 0 aromatic heterocycles. The summed E-state index contributed by atoms with van der Waals surface area (Å²) in [4.78, 5) is 16.7. The largest absolute Gasteiger partial charge is 0.231 e. The molecule has 0 heterocycles. The Morgan fingerprint density at radius 1 is 0.700 bits per heavy atom. The summed E-state index contributed by atoms with van der Waals surface area (Å²) in [5.74, 6) is 0. The van der Waals surface area contributed by atoms with Crippen LogP contribution in [0, 0.1) is 24.7 Å². The van der Waals surface area contributed by atoms with E-state index in [0.717, 1.165) is 12.2 Å². The van der Waals surface area contributed by atoms with Crippen molar-refractivity contribution in [2.75, 3.05) is 0 Å². The lowest BCUT2D eigenvalue weighted by Gasteiger charge is -2.08. The van der Waals surface area contributed by atoms with Crippen LogP contribution in [0.1, 0.15) is 11.1 Å². The maximum Gasteiger partial charge on any atom is 0.231 e. The Morgan fingerprint density at radius 3 is 1.20 bits per heavy atom. The third-order valence-corrected chi connectivity index (χ3v) is 2.58. The summed E-state index contributed by atoms with van der Waals surface area (Å²) < 4.78 is 0. The van der Waals surface area contributed by atoms with Crippen LogP contribution in [0.3, 0.4) is 0 Å². The SMILES string of the molecule is Cc1ccccc1-c1ccccc1C.N=C=O.N=C=O. The van der Waals surface area contributed by atoms with Crippen LogP contribution >= 0.6 is 0 Å². The smallest absolute Gasteiger partial charge is 0.222 e. The first-order valence-electron chi connectivity index (χ1n) is 5.81. The summed E-state index contributed by atoms with van der Waals surface area (Å²) in [5, 5.41) is 10.8. The quantitative estimate of drug-likeness (QED) is 0.609. The first kappa shape index (κ1) is 17.2. The third kappa shape index (κ3) is 5.69. The lowest BCUT2D eigenvalue weighted by atomic mass is 9.97. The summed E-state index contributed by atoms with van der Waals surface area (Å²) >= 11 is 0. The minimum atomic E-state index is 0.750. The van der Waals surface area contributed by atoms with Crippen molar-refractivity contribution in [1.29, 1.82) is 10.8 Å². The van der Waals surface area contributed by atoms with Crippen molar-refractivity contribution < 1.29 is 9.59 Å². The van der Waals surface area contributed by atoms with Gasteiger partial charge in [0.1, 0.15) is 0 Å². The molecule has 0 saturated heterocycles. The van der Waals surface area contributed by atoms with Gasteiger partial charge in [0.25, 0.3) is 0 Å². The Kier molecular flexibility index (Phi) is 8.73. The predicted octanol–water partition coefficient (Wildman–Crippen LogP) is 3.77. The van der Waals surface area contributed by atoms with E-state index in [9.17, 15) is 0 Å². The highest BCUT2D eigenvalue weighted by molar-refractivity contribution is 5.70. The number of hydrogen-bond acceptors (Lipinski definition) is 4. The van der Waals surface area contributed by atoms with Crippen LogP contribution < -0.4 is 0 Å². The van der Waals surface area contributed by atoms with E-state index >= 15 is 0 Å². The number of aryl methyl sites for hydroxylation is 2. The van der Waals surface area contributed by atoms with Gasteiger partial charge in [-0.3, -0.25) is 0 Å². The molecular formula is C16H16N2O2. The molecule has 0 bridgehead atoms. The van der Waals surface area contributed by atoms with E-state index < -0.39 is 0 Å². The van der Waals surface area contributed by atoms with Gasteiger partial charge in [0.15, 0.2) is 0 Å². The molecule has 0 unspecified atom stereocenters. The molecule has 4 heteroatoms. The minimum Gasteiger partial charge on any atom is -0.222 e. The number of rotatable bonds is 1. The van der Waals surface area contributed by atoms with E-state index in [1.165, 1.54) is 22.3 Å². The molecule has 2 rings (SSSR count). The van der Waals surface area contributed by atoms with Crippen molar-refractivity contribution in [3.05, 3.63) is 59.7 Å². The standard InChI is InChI=1S/C14H14.2CHNO/c1-11-7-3-5-9-13(11)14-10-6-4-8-12(14)2;2*2-1-3/h3-10H,1-2H3;2*2H. The molecular weight excluding hydrogens is 252 g/mol. The van der Waals surface area contributed by atoms with Gasteiger partial charge in [-0.15, -0.1) is 0 Å². The molecule has 0 aliphatic carbocycles. The van der Waals surface area contributed by atoms with Crippen molar-refractivity contribution in [2.45, 2.75) is 13.8 Å². The number of isocyanates is 2. The number of carbonyl (C=O) groups excluding carboxylic acids is 2. The highest BCUT2D eigenvalue weighted by Crippen LogP contribution is 2.25. The molecule has 0 amide bonds. The molecule has 0 radical (unpaired) electrons. The fourth-order valence-corrected chi connectivity index (χ4v) is 1.75. The number of nitrogens with one attached hydrogen (secondary N) is 2. The fraction of sp³-hybridized carbons (Fsp3) is 0.125. The number of benzene rings is 2. The molecule has 0 fully saturated rings. The van der Waals surface area contributed by atoms with Gasteiger partial charge in [-0.25, -0.2) is 20.4 Å². The average molecular weight is 268 g/mol. The molecule has 0 atom stereocenters. The minimum absolute atomic E-state index is 0.750. The van der Waals surface area contributed by atoms with E-state index in [1.807, 2.05) is 0 Å². The first-order chi connectivity index (χ1) is 9.62. The van der Waals surface area contributed by atoms with E-state index in [-0.39, 0.29) is 0 Å². The molecule has 0 aliphatic heterocycles. The molecule has 0 saturated carbocycles. The van der Waals surface area contributed by atoms with Crippen LogP contribution in [0.4, 0.5) is 0 Å². The predicted molar refractivity (Wildman–Crippen MR) is 78.2 cm³/mol. The van der Waals surface area contributed by atoms with Gasteiger partial charge in [-0.1, -0.05) is 48.5 Å². The van der Waals surface area contributed by atoms with Crippen LogP contribution in [0.2, 0.25) is 0 Å². The topological polar surface area (TPSA) is 81.8 Å². The summed E-state index contributed by atoms with van der Waals surface area (Å²) in [6.45, 7) is 4.31. The molecule has 0 spiro atoms. The Bertz CT molecular complexity index is 554. The molecule has 2 aromatic carbocycles. The zero-order chi connectivity index (χ0) is 15.4. The van der Waals surface area contributed by atoms with E-state index in [1.54, 1.807) is 0 Å². The maximum atomic E-state index is 8.35.